The maximum atomic E-state index is 13.0. The summed E-state index contributed by atoms with van der Waals surface area (Å²) >= 11 is 12.5. The molecule has 29 heavy (non-hydrogen) atoms. The minimum Gasteiger partial charge on any atom is -0.393 e. The summed E-state index contributed by atoms with van der Waals surface area (Å²) in [6.07, 6.45) is 2.12. The van der Waals surface area contributed by atoms with Crippen LogP contribution in [-0.2, 0) is 21.2 Å². The second-order valence-electron chi connectivity index (χ2n) is 6.61. The number of nitrogens with zero attached hydrogens (tertiary/aromatic N) is 2. The summed E-state index contributed by atoms with van der Waals surface area (Å²) in [5.74, 6) is -1.79. The van der Waals surface area contributed by atoms with Gasteiger partial charge >= 0.3 is 5.76 Å². The van der Waals surface area contributed by atoms with Gasteiger partial charge in [0.15, 0.2) is 21.4 Å². The third-order valence-electron chi connectivity index (χ3n) is 4.44. The van der Waals surface area contributed by atoms with Crippen molar-refractivity contribution in [1.29, 1.82) is 0 Å². The van der Waals surface area contributed by atoms with Gasteiger partial charge in [-0.05, 0) is 25.0 Å². The first-order chi connectivity index (χ1) is 13.5. The zero-order valence-electron chi connectivity index (χ0n) is 15.5. The number of allylic oxidation sites excluding steroid dienone is 2. The number of Topliss-reactive ketones (excluding diaryl/α,β-unsaturated/α-hetero) is 2. The summed E-state index contributed by atoms with van der Waals surface area (Å²) in [6.45, 7) is 1.12. The van der Waals surface area contributed by atoms with E-state index in [1.54, 1.807) is 0 Å². The van der Waals surface area contributed by atoms with Crippen LogP contribution in [0.3, 0.4) is 0 Å². The van der Waals surface area contributed by atoms with Crippen LogP contribution in [0.15, 0.2) is 36.8 Å². The second-order valence-corrected chi connectivity index (χ2v) is 9.42. The molecule has 11 heteroatoms. The number of carbonyl (C=O) groups excluding carboxylic acids is 2. The summed E-state index contributed by atoms with van der Waals surface area (Å²) in [4.78, 5) is 36.9. The molecule has 0 aliphatic heterocycles. The second kappa shape index (κ2) is 7.89. The largest absolute Gasteiger partial charge is 0.437 e. The van der Waals surface area contributed by atoms with Crippen LogP contribution in [0, 0.1) is 6.92 Å². The van der Waals surface area contributed by atoms with Gasteiger partial charge in [-0.25, -0.2) is 13.2 Å². The monoisotopic (exact) mass is 458 g/mol. The van der Waals surface area contributed by atoms with Gasteiger partial charge in [-0.3, -0.25) is 9.59 Å². The van der Waals surface area contributed by atoms with E-state index in [1.807, 2.05) is 0 Å². The first kappa shape index (κ1) is 21.5. The highest BCUT2D eigenvalue weighted by atomic mass is 35.5. The molecule has 0 N–H and O–H groups in total. The highest BCUT2D eigenvalue weighted by Gasteiger charge is 2.30. The van der Waals surface area contributed by atoms with Gasteiger partial charge in [0.05, 0.1) is 22.0 Å². The number of benzene rings is 1. The SMILES string of the molecule is Cc1nn(Cc2c(S(C)(=O)=O)ccc(C(=O)C3=C(Cl)CCCC3=O)c2Cl)c(=O)o1. The van der Waals surface area contributed by atoms with Gasteiger partial charge in [0.2, 0.25) is 5.89 Å². The standard InChI is InChI=1S/C18H16Cl2N2O6S/c1-9-21-22(18(25)28-9)8-11-14(29(2,26)27)7-6-10(16(11)20)17(24)15-12(19)4-3-5-13(15)23/h6-7H,3-5,8H2,1-2H3. The van der Waals surface area contributed by atoms with E-state index in [-0.39, 0.29) is 56.3 Å². The molecule has 1 aromatic carbocycles. The molecular formula is C18H16Cl2N2O6S. The average Bonchev–Trinajstić information content (AvgIpc) is 2.92. The van der Waals surface area contributed by atoms with Crippen molar-refractivity contribution in [3.63, 3.8) is 0 Å². The van der Waals surface area contributed by atoms with Crippen molar-refractivity contribution in [2.45, 2.75) is 37.6 Å². The number of hydrogen-bond donors (Lipinski definition) is 0. The van der Waals surface area contributed by atoms with E-state index in [2.05, 4.69) is 5.10 Å². The summed E-state index contributed by atoms with van der Waals surface area (Å²) in [5, 5.41) is 3.83. The van der Waals surface area contributed by atoms with Crippen LogP contribution in [0.4, 0.5) is 0 Å². The van der Waals surface area contributed by atoms with Crippen LogP contribution in [0.5, 0.6) is 0 Å². The highest BCUT2D eigenvalue weighted by Crippen LogP contribution is 2.33. The number of carbonyl (C=O) groups is 2. The Bertz CT molecular complexity index is 1220. The molecule has 0 amide bonds. The molecule has 0 unspecified atom stereocenters. The van der Waals surface area contributed by atoms with Crippen molar-refractivity contribution >= 4 is 44.6 Å². The van der Waals surface area contributed by atoms with Gasteiger partial charge in [0, 0.05) is 35.8 Å². The summed E-state index contributed by atoms with van der Waals surface area (Å²) in [7, 11) is -3.75. The van der Waals surface area contributed by atoms with Gasteiger partial charge in [-0.15, -0.1) is 5.10 Å². The lowest BCUT2D eigenvalue weighted by atomic mass is 9.91. The first-order valence-electron chi connectivity index (χ1n) is 8.53. The number of rotatable bonds is 5. The molecule has 0 saturated carbocycles. The normalized spacial score (nSPS) is 15.1. The quantitative estimate of drug-likeness (QED) is 0.499. The van der Waals surface area contributed by atoms with Crippen molar-refractivity contribution in [1.82, 2.24) is 9.78 Å². The van der Waals surface area contributed by atoms with Crippen molar-refractivity contribution in [2.75, 3.05) is 6.26 Å². The number of ketones is 2. The minimum atomic E-state index is -3.75. The molecule has 0 fully saturated rings. The van der Waals surface area contributed by atoms with Gasteiger partial charge in [0.25, 0.3) is 0 Å². The Hall–Kier alpha value is -2.23. The molecule has 1 aromatic heterocycles. The summed E-state index contributed by atoms with van der Waals surface area (Å²) < 4.78 is 30.1. The maximum Gasteiger partial charge on any atom is 0.437 e. The molecule has 1 aliphatic carbocycles. The number of aryl methyl sites for hydroxylation is 1. The Balaban J connectivity index is 2.19. The van der Waals surface area contributed by atoms with E-state index in [0.717, 1.165) is 10.9 Å². The van der Waals surface area contributed by atoms with Crippen LogP contribution in [0.25, 0.3) is 0 Å². The molecule has 154 valence electrons. The lowest BCUT2D eigenvalue weighted by Crippen LogP contribution is -2.21. The fraction of sp³-hybridized carbons (Fsp3) is 0.333. The zero-order chi connectivity index (χ0) is 21.5. The van der Waals surface area contributed by atoms with Crippen LogP contribution < -0.4 is 5.76 Å². The summed E-state index contributed by atoms with van der Waals surface area (Å²) in [5.41, 5.74) is -0.228. The predicted molar refractivity (Wildman–Crippen MR) is 105 cm³/mol. The maximum absolute atomic E-state index is 13.0. The Labute approximate surface area is 176 Å². The number of halogens is 2. The highest BCUT2D eigenvalue weighted by molar-refractivity contribution is 7.90. The molecule has 0 spiro atoms. The number of hydrogen-bond acceptors (Lipinski definition) is 7. The van der Waals surface area contributed by atoms with Crippen molar-refractivity contribution in [3.05, 3.63) is 55.3 Å². The van der Waals surface area contributed by atoms with Crippen LogP contribution in [0.1, 0.15) is 41.1 Å². The van der Waals surface area contributed by atoms with Gasteiger partial charge in [-0.1, -0.05) is 23.2 Å². The van der Waals surface area contributed by atoms with E-state index in [0.29, 0.717) is 12.8 Å². The Morgan fingerprint density at radius 1 is 1.24 bits per heavy atom. The van der Waals surface area contributed by atoms with Crippen LogP contribution in [-0.4, -0.2) is 36.0 Å². The lowest BCUT2D eigenvalue weighted by molar-refractivity contribution is -0.115. The Kier molecular flexibility index (Phi) is 5.84. The van der Waals surface area contributed by atoms with Gasteiger partial charge < -0.3 is 4.42 Å². The van der Waals surface area contributed by atoms with Gasteiger partial charge in [0.1, 0.15) is 0 Å². The van der Waals surface area contributed by atoms with Crippen molar-refractivity contribution in [3.8, 4) is 0 Å². The number of aromatic nitrogens is 2. The molecular weight excluding hydrogens is 443 g/mol. The Morgan fingerprint density at radius 3 is 2.48 bits per heavy atom. The van der Waals surface area contributed by atoms with Crippen LogP contribution in [0.2, 0.25) is 5.02 Å². The molecule has 0 bridgehead atoms. The third kappa shape index (κ3) is 4.22. The molecule has 8 nitrogen and oxygen atoms in total. The lowest BCUT2D eigenvalue weighted by Gasteiger charge is -2.17. The first-order valence-corrected chi connectivity index (χ1v) is 11.2. The molecule has 1 heterocycles. The summed E-state index contributed by atoms with van der Waals surface area (Å²) in [6, 6.07) is 2.45. The number of sulfone groups is 1. The van der Waals surface area contributed by atoms with E-state index in [1.165, 1.54) is 19.1 Å². The van der Waals surface area contributed by atoms with Gasteiger partial charge in [-0.2, -0.15) is 4.68 Å². The topological polar surface area (TPSA) is 116 Å². The Morgan fingerprint density at radius 2 is 1.93 bits per heavy atom. The van der Waals surface area contributed by atoms with E-state index in [9.17, 15) is 22.8 Å². The fourth-order valence-electron chi connectivity index (χ4n) is 3.12. The van der Waals surface area contributed by atoms with E-state index in [4.69, 9.17) is 27.6 Å². The van der Waals surface area contributed by atoms with Crippen LogP contribution >= 0.6 is 23.2 Å². The zero-order valence-corrected chi connectivity index (χ0v) is 17.8. The minimum absolute atomic E-state index is 0.00426. The van der Waals surface area contributed by atoms with E-state index >= 15 is 0 Å². The molecule has 0 atom stereocenters. The van der Waals surface area contributed by atoms with Crippen molar-refractivity contribution < 1.29 is 22.4 Å². The predicted octanol–water partition coefficient (Wildman–Crippen LogP) is 2.68. The van der Waals surface area contributed by atoms with Crippen molar-refractivity contribution in [2.24, 2.45) is 0 Å². The smallest absolute Gasteiger partial charge is 0.393 e. The fourth-order valence-corrected chi connectivity index (χ4v) is 4.74. The molecule has 1 aliphatic rings. The average molecular weight is 459 g/mol. The third-order valence-corrected chi connectivity index (χ3v) is 6.43. The molecule has 0 radical (unpaired) electrons. The molecule has 3 rings (SSSR count). The molecule has 0 saturated heterocycles. The molecule has 2 aromatic rings. The van der Waals surface area contributed by atoms with E-state index < -0.39 is 21.4 Å².